The van der Waals surface area contributed by atoms with Crippen LogP contribution in [0.4, 0.5) is 0 Å². The van der Waals surface area contributed by atoms with Gasteiger partial charge in [-0.05, 0) is 87.6 Å². The van der Waals surface area contributed by atoms with Crippen molar-refractivity contribution in [3.63, 3.8) is 0 Å². The molecule has 1 amide bonds. The number of hydrogen-bond acceptors (Lipinski definition) is 6. The number of benzene rings is 3. The summed E-state index contributed by atoms with van der Waals surface area (Å²) in [5.74, 6) is 0.314. The van der Waals surface area contributed by atoms with Crippen LogP contribution in [0, 0.1) is 6.92 Å². The number of para-hydroxylation sites is 1. The third kappa shape index (κ3) is 6.38. The van der Waals surface area contributed by atoms with Gasteiger partial charge in [0.05, 0.1) is 11.6 Å². The van der Waals surface area contributed by atoms with Gasteiger partial charge in [0, 0.05) is 12.1 Å². The lowest BCUT2D eigenvalue weighted by atomic mass is 9.93. The lowest BCUT2D eigenvalue weighted by Gasteiger charge is -2.26. The average molecular weight is 527 g/mol. The molecule has 3 aromatic carbocycles. The van der Waals surface area contributed by atoms with Crippen LogP contribution in [0.5, 0.6) is 17.2 Å². The van der Waals surface area contributed by atoms with Gasteiger partial charge in [0.25, 0.3) is 11.7 Å². The Balaban J connectivity index is 1.77. The van der Waals surface area contributed by atoms with Gasteiger partial charge in [-0.2, -0.15) is 0 Å². The van der Waals surface area contributed by atoms with Crippen molar-refractivity contribution >= 4 is 17.4 Å². The fourth-order valence-corrected chi connectivity index (χ4v) is 4.68. The Kier molecular flexibility index (Phi) is 8.84. The number of nitrogens with zero attached hydrogens (tertiary/aromatic N) is 2. The first-order valence-electron chi connectivity index (χ1n) is 12.9. The van der Waals surface area contributed by atoms with Crippen LogP contribution >= 0.6 is 0 Å². The predicted octanol–water partition coefficient (Wildman–Crippen LogP) is 5.73. The Morgan fingerprint density at radius 1 is 1.00 bits per heavy atom. The van der Waals surface area contributed by atoms with E-state index in [1.165, 1.54) is 0 Å². The number of carbonyl (C=O) groups is 2. The molecule has 1 heterocycles. The highest BCUT2D eigenvalue weighted by molar-refractivity contribution is 6.46. The van der Waals surface area contributed by atoms with Crippen LogP contribution in [-0.4, -0.2) is 60.4 Å². The maximum Gasteiger partial charge on any atom is 0.295 e. The summed E-state index contributed by atoms with van der Waals surface area (Å²) in [4.78, 5) is 30.3. The monoisotopic (exact) mass is 526 g/mol. The minimum atomic E-state index is -0.762. The summed E-state index contributed by atoms with van der Waals surface area (Å²) in [7, 11) is 3.92. The Bertz CT molecular complexity index is 1380. The molecule has 1 saturated heterocycles. The van der Waals surface area contributed by atoms with Gasteiger partial charge in [-0.1, -0.05) is 43.0 Å². The fraction of sp³-hybridized carbons (Fsp3) is 0.250. The number of aryl methyl sites for hydroxylation is 1. The summed E-state index contributed by atoms with van der Waals surface area (Å²) in [6.45, 7) is 6.95. The normalized spacial score (nSPS) is 16.5. The van der Waals surface area contributed by atoms with Crippen molar-refractivity contribution in [2.75, 3.05) is 33.8 Å². The second kappa shape index (κ2) is 12.5. The molecular formula is C32H34N2O5. The van der Waals surface area contributed by atoms with Crippen molar-refractivity contribution in [2.24, 2.45) is 0 Å². The van der Waals surface area contributed by atoms with Crippen LogP contribution in [0.2, 0.25) is 0 Å². The number of carbonyl (C=O) groups excluding carboxylic acids is 2. The molecule has 1 N–H and O–H groups in total. The number of hydrogen-bond donors (Lipinski definition) is 1. The van der Waals surface area contributed by atoms with Crippen molar-refractivity contribution in [2.45, 2.75) is 19.4 Å². The van der Waals surface area contributed by atoms with Crippen LogP contribution in [0.15, 0.2) is 91.0 Å². The Morgan fingerprint density at radius 3 is 2.44 bits per heavy atom. The first-order chi connectivity index (χ1) is 18.8. The number of rotatable bonds is 11. The van der Waals surface area contributed by atoms with E-state index < -0.39 is 17.7 Å². The number of ether oxygens (including phenoxy) is 2. The maximum absolute atomic E-state index is 13.4. The molecule has 4 rings (SSSR count). The summed E-state index contributed by atoms with van der Waals surface area (Å²) in [5.41, 5.74) is 1.92. The highest BCUT2D eigenvalue weighted by Crippen LogP contribution is 2.41. The SMILES string of the molecule is C=CCOc1ccc(C(O)=C2C(=O)C(=O)N(CCCN(C)C)C2c2cccc(Oc3ccccc3)c2)c(C)c1. The fourth-order valence-electron chi connectivity index (χ4n) is 4.68. The lowest BCUT2D eigenvalue weighted by molar-refractivity contribution is -0.139. The largest absolute Gasteiger partial charge is 0.507 e. The number of aliphatic hydroxyl groups is 1. The summed E-state index contributed by atoms with van der Waals surface area (Å²) < 4.78 is 11.6. The van der Waals surface area contributed by atoms with Gasteiger partial charge in [0.1, 0.15) is 29.6 Å². The van der Waals surface area contributed by atoms with Crippen molar-refractivity contribution < 1.29 is 24.2 Å². The third-order valence-corrected chi connectivity index (χ3v) is 6.52. The Labute approximate surface area is 229 Å². The van der Waals surface area contributed by atoms with E-state index in [4.69, 9.17) is 9.47 Å². The molecule has 7 nitrogen and oxygen atoms in total. The Morgan fingerprint density at radius 2 is 1.74 bits per heavy atom. The lowest BCUT2D eigenvalue weighted by Crippen LogP contribution is -2.32. The minimum Gasteiger partial charge on any atom is -0.507 e. The summed E-state index contributed by atoms with van der Waals surface area (Å²) in [6, 6.07) is 21.1. The van der Waals surface area contributed by atoms with Gasteiger partial charge < -0.3 is 24.4 Å². The molecule has 0 aromatic heterocycles. The molecule has 0 spiro atoms. The average Bonchev–Trinajstić information content (AvgIpc) is 3.17. The summed E-state index contributed by atoms with van der Waals surface area (Å²) >= 11 is 0. The molecular weight excluding hydrogens is 492 g/mol. The molecule has 202 valence electrons. The number of likely N-dealkylation sites (tertiary alicyclic amines) is 1. The second-order valence-corrected chi connectivity index (χ2v) is 9.71. The molecule has 0 radical (unpaired) electrons. The maximum atomic E-state index is 13.4. The van der Waals surface area contributed by atoms with Crippen molar-refractivity contribution in [3.8, 4) is 17.2 Å². The molecule has 39 heavy (non-hydrogen) atoms. The zero-order valence-corrected chi connectivity index (χ0v) is 22.6. The molecule has 3 aromatic rings. The van der Waals surface area contributed by atoms with Gasteiger partial charge in [0.15, 0.2) is 0 Å². The highest BCUT2D eigenvalue weighted by atomic mass is 16.5. The van der Waals surface area contributed by atoms with Gasteiger partial charge in [-0.3, -0.25) is 9.59 Å². The molecule has 1 aliphatic heterocycles. The smallest absolute Gasteiger partial charge is 0.295 e. The van der Waals surface area contributed by atoms with Crippen LogP contribution < -0.4 is 9.47 Å². The van der Waals surface area contributed by atoms with Gasteiger partial charge >= 0.3 is 0 Å². The number of aliphatic hydroxyl groups excluding tert-OH is 1. The molecule has 1 unspecified atom stereocenters. The van der Waals surface area contributed by atoms with E-state index in [0.717, 1.165) is 6.54 Å². The van der Waals surface area contributed by atoms with Crippen LogP contribution in [0.3, 0.4) is 0 Å². The first kappa shape index (κ1) is 27.7. The third-order valence-electron chi connectivity index (χ3n) is 6.52. The molecule has 0 saturated carbocycles. The molecule has 7 heteroatoms. The number of Topliss-reactive ketones (excluding diaryl/α,β-unsaturated/α-hetero) is 1. The van der Waals surface area contributed by atoms with Crippen molar-refractivity contribution in [1.29, 1.82) is 0 Å². The van der Waals surface area contributed by atoms with E-state index in [1.807, 2.05) is 80.5 Å². The van der Waals surface area contributed by atoms with Crippen molar-refractivity contribution in [1.82, 2.24) is 9.80 Å². The van der Waals surface area contributed by atoms with E-state index in [-0.39, 0.29) is 11.3 Å². The van der Waals surface area contributed by atoms with E-state index in [9.17, 15) is 14.7 Å². The topological polar surface area (TPSA) is 79.3 Å². The van der Waals surface area contributed by atoms with E-state index in [2.05, 4.69) is 6.58 Å². The van der Waals surface area contributed by atoms with E-state index in [1.54, 1.807) is 29.2 Å². The van der Waals surface area contributed by atoms with Crippen LogP contribution in [0.1, 0.15) is 29.2 Å². The quantitative estimate of drug-likeness (QED) is 0.149. The summed E-state index contributed by atoms with van der Waals surface area (Å²) in [5, 5.41) is 11.5. The highest BCUT2D eigenvalue weighted by Gasteiger charge is 2.46. The number of ketones is 1. The van der Waals surface area contributed by atoms with Crippen LogP contribution in [-0.2, 0) is 9.59 Å². The summed E-state index contributed by atoms with van der Waals surface area (Å²) in [6.07, 6.45) is 2.32. The zero-order valence-electron chi connectivity index (χ0n) is 22.6. The Hall–Kier alpha value is -4.36. The zero-order chi connectivity index (χ0) is 27.9. The van der Waals surface area contributed by atoms with Crippen LogP contribution in [0.25, 0.3) is 5.76 Å². The number of amides is 1. The molecule has 0 aliphatic carbocycles. The van der Waals surface area contributed by atoms with Crippen molar-refractivity contribution in [3.05, 3.63) is 108 Å². The standard InChI is InChI=1S/C32H34N2O5/c1-5-19-38-25-15-16-27(22(2)20-25)30(35)28-29(34(32(37)31(28)36)18-10-17-33(3)4)23-11-9-14-26(21-23)39-24-12-7-6-8-13-24/h5-9,11-16,20-21,29,35H,1,10,17-19H2,2-4H3. The van der Waals surface area contributed by atoms with E-state index >= 15 is 0 Å². The first-order valence-corrected chi connectivity index (χ1v) is 12.9. The van der Waals surface area contributed by atoms with E-state index in [0.29, 0.717) is 53.5 Å². The molecule has 0 bridgehead atoms. The second-order valence-electron chi connectivity index (χ2n) is 9.71. The van der Waals surface area contributed by atoms with Gasteiger partial charge in [0.2, 0.25) is 0 Å². The molecule has 1 aliphatic rings. The molecule has 1 atom stereocenters. The minimum absolute atomic E-state index is 0.0598. The predicted molar refractivity (Wildman–Crippen MR) is 152 cm³/mol. The molecule has 1 fully saturated rings. The van der Waals surface area contributed by atoms with Gasteiger partial charge in [-0.15, -0.1) is 0 Å². The van der Waals surface area contributed by atoms with Gasteiger partial charge in [-0.25, -0.2) is 0 Å².